The molecule has 4 rings (SSSR count). The summed E-state index contributed by atoms with van der Waals surface area (Å²) in [6, 6.07) is 5.80. The van der Waals surface area contributed by atoms with Gasteiger partial charge < -0.3 is 9.73 Å². The number of ketones is 1. The molecule has 3 heterocycles. The highest BCUT2D eigenvalue weighted by Crippen LogP contribution is 2.44. The third kappa shape index (κ3) is 3.66. The Balaban J connectivity index is 1.60. The minimum atomic E-state index is -0.662. The predicted octanol–water partition coefficient (Wildman–Crippen LogP) is 3.75. The lowest BCUT2D eigenvalue weighted by Gasteiger charge is -2.31. The molecule has 0 radical (unpaired) electrons. The number of thiazole rings is 1. The monoisotopic (exact) mass is 412 g/mol. The van der Waals surface area contributed by atoms with Gasteiger partial charge in [-0.3, -0.25) is 9.59 Å². The van der Waals surface area contributed by atoms with Crippen molar-refractivity contribution in [2.45, 2.75) is 25.2 Å². The van der Waals surface area contributed by atoms with Crippen LogP contribution in [-0.2, 0) is 9.59 Å². The minimum absolute atomic E-state index is 0.0252. The highest BCUT2D eigenvalue weighted by Gasteiger charge is 2.42. The zero-order chi connectivity index (χ0) is 19.5. The van der Waals surface area contributed by atoms with Crippen molar-refractivity contribution in [3.05, 3.63) is 47.0 Å². The standard InChI is InChI=1S/C19H16N4O3S2/c20-9-11-16(14-5-2-7-26-14)17-12(3-1-4-13(17)24)22-18(11)28-10-15(25)23-19-21-6-8-27-19/h2,5-8,11,16H,1,3-4,10H2,(H,21,23,25)/t11?,16-/m0/s1. The summed E-state index contributed by atoms with van der Waals surface area (Å²) in [6.07, 6.45) is 5.05. The number of carbonyl (C=O) groups excluding carboxylic acids is 2. The topological polar surface area (TPSA) is 108 Å². The van der Waals surface area contributed by atoms with Gasteiger partial charge in [0, 0.05) is 29.3 Å². The third-order valence-electron chi connectivity index (χ3n) is 4.60. The second-order valence-electron chi connectivity index (χ2n) is 6.36. The summed E-state index contributed by atoms with van der Waals surface area (Å²) >= 11 is 2.56. The lowest BCUT2D eigenvalue weighted by Crippen LogP contribution is -2.31. The molecule has 7 nitrogen and oxygen atoms in total. The highest BCUT2D eigenvalue weighted by atomic mass is 32.2. The smallest absolute Gasteiger partial charge is 0.236 e. The van der Waals surface area contributed by atoms with E-state index in [0.717, 1.165) is 6.42 Å². The molecule has 2 atom stereocenters. The first-order valence-corrected chi connectivity index (χ1v) is 10.6. The summed E-state index contributed by atoms with van der Waals surface area (Å²) in [4.78, 5) is 33.4. The second kappa shape index (κ2) is 8.12. The van der Waals surface area contributed by atoms with Crippen LogP contribution in [0.2, 0.25) is 0 Å². The van der Waals surface area contributed by atoms with E-state index in [9.17, 15) is 14.9 Å². The fourth-order valence-electron chi connectivity index (χ4n) is 3.43. The summed E-state index contributed by atoms with van der Waals surface area (Å²) in [5.41, 5.74) is 1.30. The summed E-state index contributed by atoms with van der Waals surface area (Å²) in [7, 11) is 0. The molecule has 0 bridgehead atoms. The number of aliphatic imine (C=N–C) groups is 1. The Kier molecular flexibility index (Phi) is 5.41. The molecule has 2 aromatic heterocycles. The maximum atomic E-state index is 12.6. The number of anilines is 1. The largest absolute Gasteiger partial charge is 0.469 e. The number of Topliss-reactive ketones (excluding diaryl/α,β-unsaturated/α-hetero) is 1. The van der Waals surface area contributed by atoms with Crippen LogP contribution < -0.4 is 5.32 Å². The number of nitrogens with one attached hydrogen (secondary N) is 1. The molecular formula is C19H16N4O3S2. The van der Waals surface area contributed by atoms with Gasteiger partial charge in [-0.1, -0.05) is 11.8 Å². The molecule has 0 saturated carbocycles. The number of thioether (sulfide) groups is 1. The lowest BCUT2D eigenvalue weighted by atomic mass is 9.76. The molecule has 1 amide bonds. The van der Waals surface area contributed by atoms with E-state index in [4.69, 9.17) is 4.42 Å². The number of amides is 1. The van der Waals surface area contributed by atoms with Crippen molar-refractivity contribution in [2.24, 2.45) is 10.9 Å². The Morgan fingerprint density at radius 1 is 1.46 bits per heavy atom. The molecular weight excluding hydrogens is 396 g/mol. The van der Waals surface area contributed by atoms with E-state index in [1.54, 1.807) is 23.7 Å². The van der Waals surface area contributed by atoms with E-state index < -0.39 is 11.8 Å². The molecule has 28 heavy (non-hydrogen) atoms. The van der Waals surface area contributed by atoms with Gasteiger partial charge in [0.15, 0.2) is 10.9 Å². The molecule has 0 aromatic carbocycles. The van der Waals surface area contributed by atoms with E-state index in [0.29, 0.717) is 40.0 Å². The van der Waals surface area contributed by atoms with Gasteiger partial charge in [-0.05, 0) is 25.0 Å². The lowest BCUT2D eigenvalue weighted by molar-refractivity contribution is -0.116. The number of nitrogens with zero attached hydrogens (tertiary/aromatic N) is 3. The Labute approximate surface area is 169 Å². The Bertz CT molecular complexity index is 987. The molecule has 1 aliphatic heterocycles. The quantitative estimate of drug-likeness (QED) is 0.819. The third-order valence-corrected chi connectivity index (χ3v) is 6.34. The maximum absolute atomic E-state index is 12.6. The SMILES string of the molecule is N#CC1C(SCC(=O)Nc2nccs2)=NC2=C(C(=O)CCC2)[C@@H]1c1ccco1. The molecule has 9 heteroatoms. The number of aromatic nitrogens is 1. The first-order valence-electron chi connectivity index (χ1n) is 8.77. The number of carbonyl (C=O) groups is 2. The van der Waals surface area contributed by atoms with Gasteiger partial charge in [0.1, 0.15) is 11.7 Å². The molecule has 2 aromatic rings. The minimum Gasteiger partial charge on any atom is -0.469 e. The first kappa shape index (κ1) is 18.7. The van der Waals surface area contributed by atoms with Crippen molar-refractivity contribution in [2.75, 3.05) is 11.1 Å². The van der Waals surface area contributed by atoms with Gasteiger partial charge in [0.2, 0.25) is 5.91 Å². The number of allylic oxidation sites excluding steroid dienone is 2. The number of nitriles is 1. The van der Waals surface area contributed by atoms with Gasteiger partial charge in [0.25, 0.3) is 0 Å². The fourth-order valence-corrected chi connectivity index (χ4v) is 4.87. The van der Waals surface area contributed by atoms with Crippen molar-refractivity contribution in [1.29, 1.82) is 5.26 Å². The van der Waals surface area contributed by atoms with E-state index in [1.165, 1.54) is 29.4 Å². The molecule has 2 aliphatic rings. The van der Waals surface area contributed by atoms with Crippen LogP contribution in [-0.4, -0.2) is 27.5 Å². The summed E-state index contributed by atoms with van der Waals surface area (Å²) in [5.74, 6) is -0.646. The van der Waals surface area contributed by atoms with Crippen molar-refractivity contribution < 1.29 is 14.0 Å². The van der Waals surface area contributed by atoms with E-state index >= 15 is 0 Å². The van der Waals surface area contributed by atoms with Crippen LogP contribution in [0.5, 0.6) is 0 Å². The molecule has 0 spiro atoms. The Morgan fingerprint density at radius 3 is 3.07 bits per heavy atom. The van der Waals surface area contributed by atoms with Gasteiger partial charge in [0.05, 0.1) is 29.0 Å². The van der Waals surface area contributed by atoms with Crippen LogP contribution in [0, 0.1) is 17.2 Å². The average Bonchev–Trinajstić information content (AvgIpc) is 3.39. The zero-order valence-electron chi connectivity index (χ0n) is 14.8. The molecule has 1 aliphatic carbocycles. The van der Waals surface area contributed by atoms with Crippen molar-refractivity contribution in [1.82, 2.24) is 4.98 Å². The van der Waals surface area contributed by atoms with Gasteiger partial charge in [-0.2, -0.15) is 5.26 Å². The van der Waals surface area contributed by atoms with Crippen molar-refractivity contribution in [3.8, 4) is 6.07 Å². The summed E-state index contributed by atoms with van der Waals surface area (Å²) < 4.78 is 5.56. The molecule has 1 N–H and O–H groups in total. The number of hydrogen-bond acceptors (Lipinski definition) is 8. The maximum Gasteiger partial charge on any atom is 0.236 e. The van der Waals surface area contributed by atoms with Crippen LogP contribution in [0.25, 0.3) is 0 Å². The summed E-state index contributed by atoms with van der Waals surface area (Å²) in [6.45, 7) is 0. The van der Waals surface area contributed by atoms with Crippen LogP contribution in [0.4, 0.5) is 5.13 Å². The van der Waals surface area contributed by atoms with Crippen LogP contribution in [0.1, 0.15) is 30.9 Å². The summed E-state index contributed by atoms with van der Waals surface area (Å²) in [5, 5.41) is 15.4. The first-order chi connectivity index (χ1) is 13.7. The van der Waals surface area contributed by atoms with E-state index in [2.05, 4.69) is 21.4 Å². The van der Waals surface area contributed by atoms with Gasteiger partial charge in [-0.25, -0.2) is 9.98 Å². The Hall–Kier alpha value is -2.70. The average molecular weight is 412 g/mol. The number of rotatable bonds is 4. The van der Waals surface area contributed by atoms with Crippen LogP contribution in [0.15, 0.2) is 50.7 Å². The highest BCUT2D eigenvalue weighted by molar-refractivity contribution is 8.14. The molecule has 0 saturated heterocycles. The number of hydrogen-bond donors (Lipinski definition) is 1. The normalized spacial score (nSPS) is 21.7. The van der Waals surface area contributed by atoms with Crippen molar-refractivity contribution >= 4 is 45.0 Å². The van der Waals surface area contributed by atoms with Crippen molar-refractivity contribution in [3.63, 3.8) is 0 Å². The van der Waals surface area contributed by atoms with Crippen LogP contribution >= 0.6 is 23.1 Å². The fraction of sp³-hybridized carbons (Fsp3) is 0.316. The van der Waals surface area contributed by atoms with E-state index in [1.807, 2.05) is 0 Å². The zero-order valence-corrected chi connectivity index (χ0v) is 16.4. The molecule has 142 valence electrons. The number of furan rings is 1. The molecule has 1 unspecified atom stereocenters. The van der Waals surface area contributed by atoms with Gasteiger partial charge in [-0.15, -0.1) is 11.3 Å². The Morgan fingerprint density at radius 2 is 2.36 bits per heavy atom. The van der Waals surface area contributed by atoms with Gasteiger partial charge >= 0.3 is 0 Å². The molecule has 0 fully saturated rings. The predicted molar refractivity (Wildman–Crippen MR) is 107 cm³/mol. The van der Waals surface area contributed by atoms with Crippen LogP contribution in [0.3, 0.4) is 0 Å². The second-order valence-corrected chi connectivity index (χ2v) is 8.25. The van der Waals surface area contributed by atoms with E-state index in [-0.39, 0.29) is 17.4 Å².